The van der Waals surface area contributed by atoms with Crippen LogP contribution in [-0.2, 0) is 0 Å². The minimum atomic E-state index is -2.51. The van der Waals surface area contributed by atoms with Gasteiger partial charge in [-0.25, -0.2) is 8.78 Å². The summed E-state index contributed by atoms with van der Waals surface area (Å²) < 4.78 is 27.0. The van der Waals surface area contributed by atoms with E-state index >= 15 is 0 Å². The molecular weight excluding hydrogens is 540 g/mol. The standard InChI is InChI=1S/C20H37F2.C2H5.U/c1-5-16(3)18-13-9-7-8-11-17(15-18)12-10-14-19(6-2)20(4,21)22;1-2;/h7,16-19H,5-6,8-15H2,1-4H3;1H2,2H3;/q2*-1;+2/t16-,17?,18+,19+;;/m0../s1. The predicted molar refractivity (Wildman–Crippen MR) is 103 cm³/mol. The Kier molecular flexibility index (Phi) is 17.9. The van der Waals surface area contributed by atoms with Crippen molar-refractivity contribution in [2.24, 2.45) is 23.7 Å². The van der Waals surface area contributed by atoms with Gasteiger partial charge < -0.3 is 13.3 Å². The van der Waals surface area contributed by atoms with Crippen molar-refractivity contribution in [2.45, 2.75) is 105 Å². The Balaban J connectivity index is 0. The van der Waals surface area contributed by atoms with Crippen LogP contribution >= 0.6 is 0 Å². The summed E-state index contributed by atoms with van der Waals surface area (Å²) in [6.45, 7) is 12.7. The van der Waals surface area contributed by atoms with Gasteiger partial charge in [0, 0.05) is 5.92 Å². The first-order chi connectivity index (χ1) is 11.4. The Morgan fingerprint density at radius 2 is 1.72 bits per heavy atom. The molecule has 0 aromatic rings. The molecule has 1 aliphatic carbocycles. The molecule has 0 aliphatic heterocycles. The molecule has 25 heavy (non-hydrogen) atoms. The molecule has 0 heterocycles. The van der Waals surface area contributed by atoms with Crippen LogP contribution in [-0.4, -0.2) is 5.92 Å². The molecule has 0 amide bonds. The summed E-state index contributed by atoms with van der Waals surface area (Å²) in [4.78, 5) is 0. The summed E-state index contributed by atoms with van der Waals surface area (Å²) in [6.07, 6.45) is 13.5. The molecule has 148 valence electrons. The van der Waals surface area contributed by atoms with Crippen molar-refractivity contribution < 1.29 is 39.9 Å². The summed E-state index contributed by atoms with van der Waals surface area (Å²) in [5.74, 6) is -0.557. The smallest absolute Gasteiger partial charge is 0.346 e. The summed E-state index contributed by atoms with van der Waals surface area (Å²) in [7, 11) is 0. The van der Waals surface area contributed by atoms with Gasteiger partial charge in [-0.1, -0.05) is 52.9 Å². The fraction of sp³-hybridized carbons (Fsp3) is 0.909. The van der Waals surface area contributed by atoms with Gasteiger partial charge in [0.05, 0.1) is 0 Å². The van der Waals surface area contributed by atoms with E-state index in [1.165, 1.54) is 38.5 Å². The van der Waals surface area contributed by atoms with Crippen LogP contribution in [0.4, 0.5) is 8.78 Å². The van der Waals surface area contributed by atoms with E-state index in [1.807, 2.05) is 6.92 Å². The van der Waals surface area contributed by atoms with Crippen molar-refractivity contribution in [3.8, 4) is 0 Å². The second kappa shape index (κ2) is 15.9. The van der Waals surface area contributed by atoms with Crippen molar-refractivity contribution in [3.05, 3.63) is 13.3 Å². The van der Waals surface area contributed by atoms with Crippen LogP contribution < -0.4 is 0 Å². The molecule has 0 aromatic carbocycles. The van der Waals surface area contributed by atoms with Gasteiger partial charge in [-0.05, 0) is 43.9 Å². The minimum absolute atomic E-state index is 0. The van der Waals surface area contributed by atoms with Crippen molar-refractivity contribution in [1.82, 2.24) is 0 Å². The van der Waals surface area contributed by atoms with E-state index in [9.17, 15) is 8.78 Å². The molecule has 1 saturated carbocycles. The average molecular weight is 583 g/mol. The monoisotopic (exact) mass is 582 g/mol. The Morgan fingerprint density at radius 1 is 1.12 bits per heavy atom. The molecule has 0 saturated heterocycles. The SMILES string of the molecule is CC[C@H](CCCC1CC[CH-]CC[C@@H]([C@@H](C)CC)C1)C(C)(F)F.[CH2-]C.[U+2]. The summed E-state index contributed by atoms with van der Waals surface area (Å²) >= 11 is 0. The molecule has 1 aliphatic rings. The number of rotatable bonds is 8. The van der Waals surface area contributed by atoms with Gasteiger partial charge in [0.1, 0.15) is 0 Å². The molecule has 3 heteroatoms. The van der Waals surface area contributed by atoms with Crippen molar-refractivity contribution >= 4 is 0 Å². The van der Waals surface area contributed by atoms with Crippen LogP contribution in [0.3, 0.4) is 0 Å². The molecule has 0 aromatic heterocycles. The Morgan fingerprint density at radius 3 is 2.24 bits per heavy atom. The van der Waals surface area contributed by atoms with Crippen molar-refractivity contribution in [2.75, 3.05) is 0 Å². The molecule has 0 spiro atoms. The van der Waals surface area contributed by atoms with Crippen LogP contribution in [0.5, 0.6) is 0 Å². The van der Waals surface area contributed by atoms with E-state index in [2.05, 4.69) is 27.2 Å². The van der Waals surface area contributed by atoms with Gasteiger partial charge in [-0.2, -0.15) is 19.8 Å². The molecule has 4 atom stereocenters. The molecule has 0 radical (unpaired) electrons. The number of alkyl halides is 2. The third-order valence-corrected chi connectivity index (χ3v) is 5.98. The third kappa shape index (κ3) is 12.1. The van der Waals surface area contributed by atoms with Gasteiger partial charge >= 0.3 is 31.1 Å². The zero-order valence-corrected chi connectivity index (χ0v) is 21.6. The topological polar surface area (TPSA) is 0 Å². The largest absolute Gasteiger partial charge is 2.00 e. The predicted octanol–water partition coefficient (Wildman–Crippen LogP) is 8.13. The first-order valence-corrected chi connectivity index (χ1v) is 10.3. The summed E-state index contributed by atoms with van der Waals surface area (Å²) in [5, 5.41) is 0. The van der Waals surface area contributed by atoms with E-state index in [1.54, 1.807) is 6.92 Å². The van der Waals surface area contributed by atoms with E-state index in [0.717, 1.165) is 37.5 Å². The maximum atomic E-state index is 13.5. The van der Waals surface area contributed by atoms with Gasteiger partial charge in [0.25, 0.3) is 0 Å². The molecule has 1 fully saturated rings. The fourth-order valence-corrected chi connectivity index (χ4v) is 4.07. The molecule has 1 unspecified atom stereocenters. The second-order valence-corrected chi connectivity index (χ2v) is 7.68. The second-order valence-electron chi connectivity index (χ2n) is 7.68. The molecular formula is C22H42F2U. The molecule has 0 N–H and O–H groups in total. The van der Waals surface area contributed by atoms with Gasteiger partial charge in [0.2, 0.25) is 5.92 Å². The van der Waals surface area contributed by atoms with E-state index in [0.29, 0.717) is 12.8 Å². The molecule has 1 rings (SSSR count). The van der Waals surface area contributed by atoms with Crippen LogP contribution in [0.2, 0.25) is 0 Å². The number of halogens is 2. The first kappa shape index (κ1) is 28.1. The normalized spacial score (nSPS) is 24.0. The minimum Gasteiger partial charge on any atom is -0.346 e. The van der Waals surface area contributed by atoms with E-state index in [-0.39, 0.29) is 31.1 Å². The molecule has 0 nitrogen and oxygen atoms in total. The van der Waals surface area contributed by atoms with E-state index in [4.69, 9.17) is 0 Å². The third-order valence-electron chi connectivity index (χ3n) is 5.98. The summed E-state index contributed by atoms with van der Waals surface area (Å²) in [5.41, 5.74) is 0. The Bertz CT molecular complexity index is 288. The van der Waals surface area contributed by atoms with Gasteiger partial charge in [0.15, 0.2) is 0 Å². The summed E-state index contributed by atoms with van der Waals surface area (Å²) in [6, 6.07) is 0. The van der Waals surface area contributed by atoms with Crippen LogP contribution in [0.1, 0.15) is 98.8 Å². The maximum absolute atomic E-state index is 13.5. The van der Waals surface area contributed by atoms with Crippen LogP contribution in [0.25, 0.3) is 0 Å². The first-order valence-electron chi connectivity index (χ1n) is 10.3. The molecule has 0 bridgehead atoms. The quantitative estimate of drug-likeness (QED) is 0.254. The zero-order valence-electron chi connectivity index (χ0n) is 17.4. The van der Waals surface area contributed by atoms with Gasteiger partial charge in [-0.15, -0.1) is 0 Å². The van der Waals surface area contributed by atoms with E-state index < -0.39 is 11.8 Å². The van der Waals surface area contributed by atoms with Crippen molar-refractivity contribution in [3.63, 3.8) is 0 Å². The van der Waals surface area contributed by atoms with Gasteiger partial charge in [-0.3, -0.25) is 0 Å². The average Bonchev–Trinajstić information content (AvgIpc) is 2.53. The maximum Gasteiger partial charge on any atom is 2.00 e. The van der Waals surface area contributed by atoms with Crippen molar-refractivity contribution in [1.29, 1.82) is 0 Å². The fourth-order valence-electron chi connectivity index (χ4n) is 4.07. The van der Waals surface area contributed by atoms with Crippen LogP contribution in [0.15, 0.2) is 0 Å². The number of hydrogen-bond donors (Lipinski definition) is 0. The Hall–Kier alpha value is 0.912. The zero-order chi connectivity index (χ0) is 18.6. The van der Waals surface area contributed by atoms with Crippen LogP contribution in [0, 0.1) is 68.1 Å². The Labute approximate surface area is 181 Å². The number of hydrogen-bond acceptors (Lipinski definition) is 0.